The van der Waals surface area contributed by atoms with E-state index in [4.69, 9.17) is 10.5 Å². The minimum atomic E-state index is -0.339. The van der Waals surface area contributed by atoms with E-state index in [0.717, 1.165) is 31.1 Å². The smallest absolute Gasteiger partial charge is 0.165 e. The quantitative estimate of drug-likeness (QED) is 0.850. The number of benzene rings is 1. The zero-order valence-corrected chi connectivity index (χ0v) is 11.3. The van der Waals surface area contributed by atoms with E-state index < -0.39 is 0 Å². The van der Waals surface area contributed by atoms with Crippen molar-refractivity contribution in [2.75, 3.05) is 31.6 Å². The molecule has 1 heterocycles. The molecule has 0 radical (unpaired) electrons. The fourth-order valence-corrected chi connectivity index (χ4v) is 2.28. The molecule has 0 bridgehead atoms. The number of methoxy groups -OCH3 is 1. The van der Waals surface area contributed by atoms with Crippen LogP contribution >= 0.6 is 0 Å². The summed E-state index contributed by atoms with van der Waals surface area (Å²) in [5.41, 5.74) is 6.67. The van der Waals surface area contributed by atoms with Gasteiger partial charge in [-0.05, 0) is 25.1 Å². The van der Waals surface area contributed by atoms with Gasteiger partial charge >= 0.3 is 0 Å². The van der Waals surface area contributed by atoms with Crippen LogP contribution in [0.5, 0.6) is 5.75 Å². The molecular weight excluding hydrogens is 245 g/mol. The molecule has 1 atom stereocenters. The van der Waals surface area contributed by atoms with Crippen molar-refractivity contribution in [3.63, 3.8) is 0 Å². The Hall–Kier alpha value is -1.91. The molecule has 0 saturated carbocycles. The number of nitrogens with two attached hydrogens (primary N) is 1. The van der Waals surface area contributed by atoms with E-state index in [0.29, 0.717) is 5.92 Å². The first-order valence-corrected chi connectivity index (χ1v) is 6.43. The maximum Gasteiger partial charge on any atom is 0.165 e. The maximum absolute atomic E-state index is 13.4. The fourth-order valence-electron chi connectivity index (χ4n) is 2.28. The van der Waals surface area contributed by atoms with Crippen molar-refractivity contribution in [1.82, 2.24) is 5.32 Å². The van der Waals surface area contributed by atoms with Crippen LogP contribution in [0.25, 0.3) is 0 Å². The number of hydrogen-bond acceptors (Lipinski definition) is 4. The molecule has 2 rings (SSSR count). The van der Waals surface area contributed by atoms with Crippen LogP contribution in [0, 0.1) is 11.7 Å². The Morgan fingerprint density at radius 1 is 1.53 bits per heavy atom. The lowest BCUT2D eigenvalue weighted by atomic mass is 10.1. The summed E-state index contributed by atoms with van der Waals surface area (Å²) in [7, 11) is 1.48. The first kappa shape index (κ1) is 13.5. The van der Waals surface area contributed by atoms with E-state index >= 15 is 0 Å². The van der Waals surface area contributed by atoms with Crippen molar-refractivity contribution < 1.29 is 9.13 Å². The van der Waals surface area contributed by atoms with Crippen molar-refractivity contribution in [3.8, 4) is 5.75 Å². The van der Waals surface area contributed by atoms with Crippen molar-refractivity contribution in [3.05, 3.63) is 35.9 Å². The van der Waals surface area contributed by atoms with Gasteiger partial charge in [-0.1, -0.05) is 0 Å². The van der Waals surface area contributed by atoms with Gasteiger partial charge in [-0.15, -0.1) is 0 Å². The summed E-state index contributed by atoms with van der Waals surface area (Å²) in [6, 6.07) is 4.94. The highest BCUT2D eigenvalue weighted by molar-refractivity contribution is 5.51. The molecule has 1 aliphatic rings. The highest BCUT2D eigenvalue weighted by Gasteiger charge is 2.17. The number of rotatable bonds is 5. The molecule has 5 heteroatoms. The van der Waals surface area contributed by atoms with Crippen molar-refractivity contribution in [1.29, 1.82) is 0 Å². The van der Waals surface area contributed by atoms with Crippen LogP contribution in [-0.2, 0) is 0 Å². The Morgan fingerprint density at radius 3 is 2.89 bits per heavy atom. The molecule has 0 saturated heterocycles. The predicted octanol–water partition coefficient (Wildman–Crippen LogP) is 1.68. The van der Waals surface area contributed by atoms with E-state index in [1.54, 1.807) is 12.1 Å². The van der Waals surface area contributed by atoms with Crippen molar-refractivity contribution in [2.45, 2.75) is 6.92 Å². The van der Waals surface area contributed by atoms with Crippen LogP contribution in [0.4, 0.5) is 10.1 Å². The van der Waals surface area contributed by atoms with E-state index in [-0.39, 0.29) is 11.6 Å². The van der Waals surface area contributed by atoms with Gasteiger partial charge in [0.1, 0.15) is 0 Å². The second kappa shape index (κ2) is 5.82. The third-order valence-corrected chi connectivity index (χ3v) is 3.32. The summed E-state index contributed by atoms with van der Waals surface area (Å²) in [5, 5.41) is 3.11. The maximum atomic E-state index is 13.4. The number of nitrogens with zero attached hydrogens (tertiary/aromatic N) is 1. The molecule has 0 unspecified atom stereocenters. The van der Waals surface area contributed by atoms with Gasteiger partial charge in [-0.2, -0.15) is 0 Å². The van der Waals surface area contributed by atoms with Gasteiger partial charge in [0, 0.05) is 37.3 Å². The number of anilines is 1. The average molecular weight is 265 g/mol. The molecule has 1 aromatic carbocycles. The summed E-state index contributed by atoms with van der Waals surface area (Å²) >= 11 is 0. The van der Waals surface area contributed by atoms with Gasteiger partial charge < -0.3 is 20.7 Å². The summed E-state index contributed by atoms with van der Waals surface area (Å²) < 4.78 is 18.4. The third-order valence-electron chi connectivity index (χ3n) is 3.32. The predicted molar refractivity (Wildman–Crippen MR) is 74.6 cm³/mol. The Morgan fingerprint density at radius 2 is 2.32 bits per heavy atom. The summed E-state index contributed by atoms with van der Waals surface area (Å²) in [6.45, 7) is 4.62. The molecule has 0 amide bonds. The highest BCUT2D eigenvalue weighted by Crippen LogP contribution is 2.25. The van der Waals surface area contributed by atoms with Gasteiger partial charge in [-0.3, -0.25) is 0 Å². The Balaban J connectivity index is 2.13. The molecule has 104 valence electrons. The SMILES string of the molecule is CCN(C[C@H]1C=C(N)NC1)c1ccc(F)c(OC)c1. The number of ether oxygens (including phenoxy) is 1. The lowest BCUT2D eigenvalue weighted by molar-refractivity contribution is 0.386. The van der Waals surface area contributed by atoms with Gasteiger partial charge in [-0.25, -0.2) is 4.39 Å². The molecule has 19 heavy (non-hydrogen) atoms. The topological polar surface area (TPSA) is 50.5 Å². The normalized spacial score (nSPS) is 17.8. The summed E-state index contributed by atoms with van der Waals surface area (Å²) in [5.74, 6) is 1.04. The van der Waals surface area contributed by atoms with Crippen LogP contribution in [0.1, 0.15) is 6.92 Å². The lowest BCUT2D eigenvalue weighted by Gasteiger charge is -2.26. The van der Waals surface area contributed by atoms with Gasteiger partial charge in [0.05, 0.1) is 12.9 Å². The number of hydrogen-bond donors (Lipinski definition) is 2. The largest absolute Gasteiger partial charge is 0.494 e. The molecule has 3 N–H and O–H groups in total. The monoisotopic (exact) mass is 265 g/mol. The van der Waals surface area contributed by atoms with Crippen LogP contribution in [0.3, 0.4) is 0 Å². The molecule has 0 spiro atoms. The number of nitrogens with one attached hydrogen (secondary N) is 1. The van der Waals surface area contributed by atoms with Gasteiger partial charge in [0.15, 0.2) is 11.6 Å². The van der Waals surface area contributed by atoms with E-state index in [1.165, 1.54) is 13.2 Å². The van der Waals surface area contributed by atoms with Crippen molar-refractivity contribution in [2.24, 2.45) is 11.7 Å². The number of halogens is 1. The molecule has 0 aromatic heterocycles. The Kier molecular flexibility index (Phi) is 4.14. The first-order valence-electron chi connectivity index (χ1n) is 6.43. The van der Waals surface area contributed by atoms with E-state index in [1.807, 2.05) is 6.08 Å². The zero-order valence-electron chi connectivity index (χ0n) is 11.3. The third kappa shape index (κ3) is 3.10. The molecule has 0 aliphatic carbocycles. The average Bonchev–Trinajstić information content (AvgIpc) is 2.82. The highest BCUT2D eigenvalue weighted by atomic mass is 19.1. The standard InChI is InChI=1S/C14H20FN3O/c1-3-18(9-10-6-14(16)17-8-10)11-4-5-12(15)13(7-11)19-2/h4-7,10,17H,3,8-9,16H2,1-2H3/t10-/m0/s1. The van der Waals surface area contributed by atoms with Crippen LogP contribution < -0.4 is 20.7 Å². The van der Waals surface area contributed by atoms with Crippen LogP contribution in [0.15, 0.2) is 30.1 Å². The summed E-state index contributed by atoms with van der Waals surface area (Å²) in [6.07, 6.45) is 2.03. The molecular formula is C14H20FN3O. The van der Waals surface area contributed by atoms with E-state index in [9.17, 15) is 4.39 Å². The lowest BCUT2D eigenvalue weighted by Crippen LogP contribution is -2.30. The second-order valence-electron chi connectivity index (χ2n) is 4.62. The first-order chi connectivity index (χ1) is 9.13. The van der Waals surface area contributed by atoms with Gasteiger partial charge in [0.25, 0.3) is 0 Å². The minimum Gasteiger partial charge on any atom is -0.494 e. The van der Waals surface area contributed by atoms with Gasteiger partial charge in [0.2, 0.25) is 0 Å². The van der Waals surface area contributed by atoms with Crippen molar-refractivity contribution >= 4 is 5.69 Å². The molecule has 1 aromatic rings. The fraction of sp³-hybridized carbons (Fsp3) is 0.429. The van der Waals surface area contributed by atoms with E-state index in [2.05, 4.69) is 17.1 Å². The molecule has 4 nitrogen and oxygen atoms in total. The van der Waals surface area contributed by atoms with Crippen LogP contribution in [0.2, 0.25) is 0 Å². The van der Waals surface area contributed by atoms with Crippen LogP contribution in [-0.4, -0.2) is 26.7 Å². The Labute approximate surface area is 113 Å². The minimum absolute atomic E-state index is 0.274. The zero-order chi connectivity index (χ0) is 13.8. The Bertz CT molecular complexity index is 476. The molecule has 1 aliphatic heterocycles. The molecule has 0 fully saturated rings. The second-order valence-corrected chi connectivity index (χ2v) is 4.62. The summed E-state index contributed by atoms with van der Waals surface area (Å²) in [4.78, 5) is 2.18.